The molecule has 1 heterocycles. The molecule has 222 valence electrons. The predicted octanol–water partition coefficient (Wildman–Crippen LogP) is 6.60. The summed E-state index contributed by atoms with van der Waals surface area (Å²) in [7, 11) is 0. The molecule has 4 rings (SSSR count). The summed E-state index contributed by atoms with van der Waals surface area (Å²) in [6, 6.07) is 23.7. The number of ketones is 1. The molecule has 0 spiro atoms. The first-order valence-electron chi connectivity index (χ1n) is 15.0. The van der Waals surface area contributed by atoms with Gasteiger partial charge in [-0.15, -0.1) is 0 Å². The zero-order chi connectivity index (χ0) is 29.9. The van der Waals surface area contributed by atoms with Gasteiger partial charge in [0.15, 0.2) is 0 Å². The van der Waals surface area contributed by atoms with Crippen LogP contribution in [-0.2, 0) is 16.2 Å². The van der Waals surface area contributed by atoms with Gasteiger partial charge in [-0.25, -0.2) is 0 Å². The average molecular weight is 571 g/mol. The Balaban J connectivity index is 1.64. The molecule has 0 saturated carbocycles. The van der Waals surface area contributed by atoms with Crippen molar-refractivity contribution >= 4 is 17.4 Å². The number of hydrogen-bond acceptors (Lipinski definition) is 6. The third kappa shape index (κ3) is 7.59. The van der Waals surface area contributed by atoms with E-state index >= 15 is 0 Å². The van der Waals surface area contributed by atoms with Crippen LogP contribution >= 0.6 is 0 Å². The van der Waals surface area contributed by atoms with Crippen LogP contribution in [0, 0.1) is 0 Å². The Morgan fingerprint density at radius 1 is 0.857 bits per heavy atom. The first-order valence-corrected chi connectivity index (χ1v) is 15.0. The van der Waals surface area contributed by atoms with Crippen LogP contribution in [0.2, 0.25) is 0 Å². The van der Waals surface area contributed by atoms with E-state index in [4.69, 9.17) is 9.47 Å². The largest absolute Gasteiger partial charge is 0.507 e. The Bertz CT molecular complexity index is 1350. The normalized spacial score (nSPS) is 16.3. The van der Waals surface area contributed by atoms with Crippen LogP contribution in [0.4, 0.5) is 0 Å². The minimum atomic E-state index is -0.713. The van der Waals surface area contributed by atoms with Gasteiger partial charge >= 0.3 is 0 Å². The molecule has 42 heavy (non-hydrogen) atoms. The van der Waals surface area contributed by atoms with Crippen LogP contribution in [0.25, 0.3) is 5.76 Å². The molecular formula is C35H42N2O5. The summed E-state index contributed by atoms with van der Waals surface area (Å²) < 4.78 is 11.8. The van der Waals surface area contributed by atoms with Crippen molar-refractivity contribution in [1.82, 2.24) is 9.80 Å². The molecule has 7 nitrogen and oxygen atoms in total. The highest BCUT2D eigenvalue weighted by Crippen LogP contribution is 2.40. The van der Waals surface area contributed by atoms with E-state index in [1.54, 1.807) is 23.1 Å². The van der Waals surface area contributed by atoms with Gasteiger partial charge < -0.3 is 24.4 Å². The second kappa shape index (κ2) is 15.2. The molecule has 7 heteroatoms. The van der Waals surface area contributed by atoms with E-state index in [0.29, 0.717) is 43.2 Å². The molecule has 1 aliphatic rings. The molecule has 0 aliphatic carbocycles. The number of benzene rings is 3. The number of carbonyl (C=O) groups excluding carboxylic acids is 2. The highest BCUT2D eigenvalue weighted by Gasteiger charge is 2.45. The number of nitrogens with zero attached hydrogens (tertiary/aromatic N) is 2. The van der Waals surface area contributed by atoms with Crippen LogP contribution in [-0.4, -0.2) is 59.4 Å². The monoisotopic (exact) mass is 570 g/mol. The van der Waals surface area contributed by atoms with Gasteiger partial charge in [0.1, 0.15) is 23.9 Å². The van der Waals surface area contributed by atoms with E-state index in [1.165, 1.54) is 0 Å². The zero-order valence-electron chi connectivity index (χ0n) is 24.9. The molecule has 3 aromatic carbocycles. The molecule has 1 amide bonds. The summed E-state index contributed by atoms with van der Waals surface area (Å²) in [5.41, 5.74) is 2.33. The van der Waals surface area contributed by atoms with E-state index in [1.807, 2.05) is 60.7 Å². The van der Waals surface area contributed by atoms with E-state index < -0.39 is 17.7 Å². The molecular weight excluding hydrogens is 528 g/mol. The number of hydrogen-bond donors (Lipinski definition) is 1. The third-order valence-corrected chi connectivity index (χ3v) is 7.63. The van der Waals surface area contributed by atoms with Gasteiger partial charge in [0.2, 0.25) is 0 Å². The Morgan fingerprint density at radius 3 is 2.29 bits per heavy atom. The molecule has 1 atom stereocenters. The molecule has 1 unspecified atom stereocenters. The number of likely N-dealkylation sites (tertiary alicyclic amines) is 1. The van der Waals surface area contributed by atoms with Gasteiger partial charge in [-0.3, -0.25) is 9.59 Å². The SMILES string of the molecule is CCCCOc1cccc(C(O)=C2C(=O)C(=O)N(CCCN(CC)CC)C2c2ccc(OCc3ccccc3)cc2)c1. The molecule has 0 bridgehead atoms. The predicted molar refractivity (Wildman–Crippen MR) is 165 cm³/mol. The second-order valence-electron chi connectivity index (χ2n) is 10.4. The van der Waals surface area contributed by atoms with E-state index in [-0.39, 0.29) is 11.3 Å². The maximum Gasteiger partial charge on any atom is 0.295 e. The second-order valence-corrected chi connectivity index (χ2v) is 10.4. The van der Waals surface area contributed by atoms with Gasteiger partial charge in [-0.2, -0.15) is 0 Å². The number of unbranched alkanes of at least 4 members (excludes halogenated alkanes) is 1. The average Bonchev–Trinajstić information content (AvgIpc) is 3.28. The number of aliphatic hydroxyl groups excluding tert-OH is 1. The number of amides is 1. The third-order valence-electron chi connectivity index (χ3n) is 7.63. The molecule has 3 aromatic rings. The van der Waals surface area contributed by atoms with Crippen molar-refractivity contribution in [2.45, 2.75) is 52.7 Å². The van der Waals surface area contributed by atoms with Crippen molar-refractivity contribution < 1.29 is 24.2 Å². The first-order chi connectivity index (χ1) is 20.5. The molecule has 1 fully saturated rings. The quantitative estimate of drug-likeness (QED) is 0.0960. The first kappa shape index (κ1) is 30.8. The summed E-state index contributed by atoms with van der Waals surface area (Å²) in [5.74, 6) is -0.187. The summed E-state index contributed by atoms with van der Waals surface area (Å²) in [5, 5.41) is 11.5. The Hall–Kier alpha value is -4.10. The van der Waals surface area contributed by atoms with Gasteiger partial charge in [0.25, 0.3) is 11.7 Å². The van der Waals surface area contributed by atoms with Crippen molar-refractivity contribution in [3.63, 3.8) is 0 Å². The summed E-state index contributed by atoms with van der Waals surface area (Å²) in [6.45, 7) is 10.3. The Morgan fingerprint density at radius 2 is 1.60 bits per heavy atom. The van der Waals surface area contributed by atoms with Crippen LogP contribution in [0.1, 0.15) is 62.8 Å². The lowest BCUT2D eigenvalue weighted by molar-refractivity contribution is -0.140. The minimum Gasteiger partial charge on any atom is -0.507 e. The zero-order valence-corrected chi connectivity index (χ0v) is 24.9. The van der Waals surface area contributed by atoms with Crippen LogP contribution in [0.3, 0.4) is 0 Å². The number of Topliss-reactive ketones (excluding diaryl/α,β-unsaturated/α-hetero) is 1. The van der Waals surface area contributed by atoms with Crippen molar-refractivity contribution in [2.75, 3.05) is 32.8 Å². The molecule has 1 N–H and O–H groups in total. The number of aliphatic hydroxyl groups is 1. The highest BCUT2D eigenvalue weighted by atomic mass is 16.5. The number of rotatable bonds is 15. The highest BCUT2D eigenvalue weighted by molar-refractivity contribution is 6.46. The number of carbonyl (C=O) groups is 2. The molecule has 1 saturated heterocycles. The molecule has 0 aromatic heterocycles. The van der Waals surface area contributed by atoms with Crippen molar-refractivity contribution in [3.8, 4) is 11.5 Å². The molecule has 1 aliphatic heterocycles. The smallest absolute Gasteiger partial charge is 0.295 e. The lowest BCUT2D eigenvalue weighted by atomic mass is 9.95. The Kier molecular flexibility index (Phi) is 11.2. The van der Waals surface area contributed by atoms with Crippen LogP contribution < -0.4 is 9.47 Å². The van der Waals surface area contributed by atoms with E-state index in [2.05, 4.69) is 25.7 Å². The lowest BCUT2D eigenvalue weighted by Gasteiger charge is -2.27. The Labute approximate surface area is 249 Å². The minimum absolute atomic E-state index is 0.0894. The maximum absolute atomic E-state index is 13.5. The van der Waals surface area contributed by atoms with Gasteiger partial charge in [0, 0.05) is 12.1 Å². The maximum atomic E-state index is 13.5. The number of ether oxygens (including phenoxy) is 2. The van der Waals surface area contributed by atoms with Crippen molar-refractivity contribution in [3.05, 3.63) is 101 Å². The fourth-order valence-corrected chi connectivity index (χ4v) is 5.17. The fraction of sp³-hybridized carbons (Fsp3) is 0.371. The summed E-state index contributed by atoms with van der Waals surface area (Å²) >= 11 is 0. The van der Waals surface area contributed by atoms with E-state index in [9.17, 15) is 14.7 Å². The van der Waals surface area contributed by atoms with Gasteiger partial charge in [-0.05, 0) is 67.9 Å². The summed E-state index contributed by atoms with van der Waals surface area (Å²) in [4.78, 5) is 30.7. The lowest BCUT2D eigenvalue weighted by Crippen LogP contribution is -2.33. The standard InChI is InChI=1S/C35H42N2O5/c1-4-7-23-41-30-16-11-15-28(24-30)33(38)31-32(37(35(40)34(31)39)22-12-21-36(5-2)6-3)27-17-19-29(20-18-27)42-25-26-13-9-8-10-14-26/h8-11,13-20,24,32,38H,4-7,12,21-23,25H2,1-3H3. The van der Waals surface area contributed by atoms with Gasteiger partial charge in [-0.1, -0.05) is 81.8 Å². The summed E-state index contributed by atoms with van der Waals surface area (Å²) in [6.07, 6.45) is 2.64. The fourth-order valence-electron chi connectivity index (χ4n) is 5.17. The van der Waals surface area contributed by atoms with Crippen molar-refractivity contribution in [1.29, 1.82) is 0 Å². The van der Waals surface area contributed by atoms with E-state index in [0.717, 1.165) is 43.6 Å². The van der Waals surface area contributed by atoms with Crippen molar-refractivity contribution in [2.24, 2.45) is 0 Å². The van der Waals surface area contributed by atoms with Gasteiger partial charge in [0.05, 0.1) is 18.2 Å². The van der Waals surface area contributed by atoms with Crippen LogP contribution in [0.5, 0.6) is 11.5 Å². The topological polar surface area (TPSA) is 79.3 Å². The van der Waals surface area contributed by atoms with Crippen LogP contribution in [0.15, 0.2) is 84.4 Å². The molecule has 0 radical (unpaired) electrons.